The Bertz CT molecular complexity index is 390. The number of nitrogen functional groups attached to an aromatic ring is 1. The Kier molecular flexibility index (Phi) is 2.75. The predicted octanol–water partition coefficient (Wildman–Crippen LogP) is -2.06. The molecule has 60 valence electrons. The van der Waals surface area contributed by atoms with E-state index in [9.17, 15) is 9.59 Å². The van der Waals surface area contributed by atoms with Crippen molar-refractivity contribution < 1.29 is 39.1 Å². The van der Waals surface area contributed by atoms with Crippen molar-refractivity contribution in [2.45, 2.75) is 0 Å². The Morgan fingerprint density at radius 1 is 1.15 bits per heavy atom. The number of nitrogens with zero attached hydrogens (tertiary/aromatic N) is 1. The molecule has 1 heterocycles. The van der Waals surface area contributed by atoms with Crippen LogP contribution in [0.2, 0.25) is 0 Å². The maximum atomic E-state index is 11.0. The molecule has 2 N–H and O–H groups in total. The molecule has 13 heavy (non-hydrogen) atoms. The molecule has 0 aromatic heterocycles. The second kappa shape index (κ2) is 3.49. The van der Waals surface area contributed by atoms with Crippen molar-refractivity contribution in [2.75, 3.05) is 5.73 Å². The average molecular weight is 184 g/mol. The number of benzene rings is 1. The van der Waals surface area contributed by atoms with Crippen LogP contribution in [0.4, 0.5) is 5.69 Å². The van der Waals surface area contributed by atoms with Crippen molar-refractivity contribution in [1.82, 2.24) is 0 Å². The van der Waals surface area contributed by atoms with E-state index in [4.69, 9.17) is 5.73 Å². The molecule has 1 aliphatic heterocycles. The van der Waals surface area contributed by atoms with Crippen LogP contribution in [0.25, 0.3) is 5.32 Å². The van der Waals surface area contributed by atoms with Crippen molar-refractivity contribution in [3.05, 3.63) is 34.6 Å². The summed E-state index contributed by atoms with van der Waals surface area (Å²) in [4.78, 5) is 22.0. The molecule has 1 aromatic rings. The van der Waals surface area contributed by atoms with Gasteiger partial charge in [0, 0.05) is 16.8 Å². The van der Waals surface area contributed by atoms with Crippen LogP contribution in [0.3, 0.4) is 0 Å². The zero-order valence-corrected chi connectivity index (χ0v) is 9.07. The van der Waals surface area contributed by atoms with E-state index in [0.29, 0.717) is 11.3 Å². The molecule has 0 radical (unpaired) electrons. The number of rotatable bonds is 0. The molecule has 0 aliphatic carbocycles. The largest absolute Gasteiger partial charge is 1.00 e. The molecule has 0 atom stereocenters. The number of carbonyl (C=O) groups is 2. The van der Waals surface area contributed by atoms with Crippen LogP contribution in [0.1, 0.15) is 20.7 Å². The first-order valence-electron chi connectivity index (χ1n) is 3.39. The number of amides is 2. The van der Waals surface area contributed by atoms with E-state index in [1.807, 2.05) is 0 Å². The van der Waals surface area contributed by atoms with E-state index in [1.54, 1.807) is 18.2 Å². The van der Waals surface area contributed by atoms with Crippen LogP contribution in [0.15, 0.2) is 18.2 Å². The van der Waals surface area contributed by atoms with E-state index >= 15 is 0 Å². The third-order valence-corrected chi connectivity index (χ3v) is 1.74. The summed E-state index contributed by atoms with van der Waals surface area (Å²) in [5.74, 6) is -1.03. The van der Waals surface area contributed by atoms with Gasteiger partial charge in [0.2, 0.25) is 0 Å². The molecule has 4 nitrogen and oxygen atoms in total. The molecule has 2 rings (SSSR count). The van der Waals surface area contributed by atoms with E-state index in [-0.39, 0.29) is 35.1 Å². The van der Waals surface area contributed by atoms with E-state index in [0.717, 1.165) is 0 Å². The summed E-state index contributed by atoms with van der Waals surface area (Å²) in [6.45, 7) is 0. The van der Waals surface area contributed by atoms with Crippen molar-refractivity contribution in [3.8, 4) is 0 Å². The number of fused-ring (bicyclic) bond motifs is 1. The second-order valence-electron chi connectivity index (χ2n) is 2.49. The number of imide groups is 1. The second-order valence-corrected chi connectivity index (χ2v) is 2.49. The molecule has 5 heteroatoms. The molecule has 0 bridgehead atoms. The minimum atomic E-state index is -0.534. The Morgan fingerprint density at radius 3 is 2.46 bits per heavy atom. The minimum Gasteiger partial charge on any atom is -0.587 e. The van der Waals surface area contributed by atoms with Crippen LogP contribution >= 0.6 is 0 Å². The van der Waals surface area contributed by atoms with Gasteiger partial charge in [-0.25, -0.2) is 0 Å². The van der Waals surface area contributed by atoms with Crippen LogP contribution in [-0.2, 0) is 0 Å². The Morgan fingerprint density at radius 2 is 1.85 bits per heavy atom. The Labute approximate surface area is 96.8 Å². The molecule has 0 saturated heterocycles. The van der Waals surface area contributed by atoms with Crippen LogP contribution in [-0.4, -0.2) is 11.8 Å². The average Bonchev–Trinajstić information content (AvgIpc) is 2.29. The number of anilines is 1. The molecule has 0 unspecified atom stereocenters. The van der Waals surface area contributed by atoms with Gasteiger partial charge in [-0.05, 0) is 6.07 Å². The van der Waals surface area contributed by atoms with Gasteiger partial charge in [-0.15, -0.1) is 0 Å². The van der Waals surface area contributed by atoms with Gasteiger partial charge in [-0.3, -0.25) is 0 Å². The van der Waals surface area contributed by atoms with Crippen molar-refractivity contribution in [3.63, 3.8) is 0 Å². The monoisotopic (exact) mass is 184 g/mol. The summed E-state index contributed by atoms with van der Waals surface area (Å²) in [7, 11) is 0. The first-order chi connectivity index (χ1) is 5.70. The third-order valence-electron chi connectivity index (χ3n) is 1.74. The molecule has 2 amide bonds. The predicted molar refractivity (Wildman–Crippen MR) is 42.9 cm³/mol. The van der Waals surface area contributed by atoms with Crippen molar-refractivity contribution in [1.29, 1.82) is 0 Å². The molecular weight excluding hydrogens is 179 g/mol. The molecule has 1 aromatic carbocycles. The summed E-state index contributed by atoms with van der Waals surface area (Å²) >= 11 is 0. The number of nitrogens with two attached hydrogens (primary N) is 1. The molecule has 1 aliphatic rings. The van der Waals surface area contributed by atoms with Crippen molar-refractivity contribution >= 4 is 17.5 Å². The Hall–Kier alpha value is -0.840. The maximum Gasteiger partial charge on any atom is 1.00 e. The number of carbonyl (C=O) groups excluding carboxylic acids is 2. The van der Waals surface area contributed by atoms with Crippen LogP contribution < -0.4 is 35.3 Å². The summed E-state index contributed by atoms with van der Waals surface area (Å²) in [5.41, 5.74) is 6.35. The van der Waals surface area contributed by atoms with Gasteiger partial charge in [0.25, 0.3) is 0 Å². The Balaban J connectivity index is 0.000000845. The third kappa shape index (κ3) is 1.48. The zero-order chi connectivity index (χ0) is 8.72. The van der Waals surface area contributed by atoms with Gasteiger partial charge in [0.1, 0.15) is 0 Å². The zero-order valence-electron chi connectivity index (χ0n) is 7.07. The van der Waals surface area contributed by atoms with Gasteiger partial charge in [-0.1, -0.05) is 12.1 Å². The van der Waals surface area contributed by atoms with E-state index in [2.05, 4.69) is 5.32 Å². The van der Waals surface area contributed by atoms with Gasteiger partial charge >= 0.3 is 29.6 Å². The smallest absolute Gasteiger partial charge is 0.587 e. The number of hydrogen-bond donors (Lipinski definition) is 1. The normalized spacial score (nSPS) is 13.2. The molecule has 0 fully saturated rings. The summed E-state index contributed by atoms with van der Waals surface area (Å²) in [6.07, 6.45) is 0. The summed E-state index contributed by atoms with van der Waals surface area (Å²) in [6, 6.07) is 4.74. The van der Waals surface area contributed by atoms with E-state index < -0.39 is 11.8 Å². The van der Waals surface area contributed by atoms with Gasteiger partial charge in [-0.2, -0.15) is 0 Å². The first kappa shape index (κ1) is 10.2. The standard InChI is InChI=1S/C8H6N2O2.Na/c9-5-3-1-2-4-6(5)8(12)10-7(4)11;/h1-3H,(H3,9,10,11,12);/q;+1/p-1. The van der Waals surface area contributed by atoms with Crippen LogP contribution in [0, 0.1) is 0 Å². The first-order valence-corrected chi connectivity index (χ1v) is 3.39. The molecule has 0 spiro atoms. The fourth-order valence-electron chi connectivity index (χ4n) is 1.20. The maximum absolute atomic E-state index is 11.0. The molecular formula is C8H5N2NaO2. The van der Waals surface area contributed by atoms with Gasteiger partial charge in [0.05, 0.1) is 11.8 Å². The number of hydrogen-bond acceptors (Lipinski definition) is 3. The SMILES string of the molecule is Nc1cccc2c1C(=O)[N-]C2=O.[Na+]. The summed E-state index contributed by atoms with van der Waals surface area (Å²) in [5, 5.41) is 3.26. The van der Waals surface area contributed by atoms with Gasteiger partial charge < -0.3 is 20.6 Å². The van der Waals surface area contributed by atoms with Crippen molar-refractivity contribution in [2.24, 2.45) is 0 Å². The molecule has 0 saturated carbocycles. The minimum absolute atomic E-state index is 0. The van der Waals surface area contributed by atoms with Gasteiger partial charge in [0.15, 0.2) is 0 Å². The fourth-order valence-corrected chi connectivity index (χ4v) is 1.20. The fraction of sp³-hybridized carbons (Fsp3) is 0. The van der Waals surface area contributed by atoms with Crippen LogP contribution in [0.5, 0.6) is 0 Å². The quantitative estimate of drug-likeness (QED) is 0.286. The topological polar surface area (TPSA) is 74.3 Å². The summed E-state index contributed by atoms with van der Waals surface area (Å²) < 4.78 is 0. The van der Waals surface area contributed by atoms with E-state index in [1.165, 1.54) is 0 Å².